The maximum atomic E-state index is 11.6. The molecule has 86 valence electrons. The van der Waals surface area contributed by atoms with Crippen LogP contribution in [-0.2, 0) is 9.59 Å². The molecule has 1 atom stereocenters. The Bertz CT molecular complexity index is 384. The fourth-order valence-electron chi connectivity index (χ4n) is 1.52. The Morgan fingerprint density at radius 3 is 2.81 bits per heavy atom. The number of carbonyl (C=O) groups excluding carboxylic acids is 1. The Labute approximate surface area is 97.3 Å². The van der Waals surface area contributed by atoms with Gasteiger partial charge in [-0.15, -0.1) is 11.3 Å². The summed E-state index contributed by atoms with van der Waals surface area (Å²) in [6, 6.07) is 3.33. The van der Waals surface area contributed by atoms with Crippen LogP contribution in [0.1, 0.15) is 30.2 Å². The molecule has 1 saturated carbocycles. The molecule has 1 amide bonds. The first kappa shape index (κ1) is 11.1. The van der Waals surface area contributed by atoms with E-state index in [2.05, 4.69) is 5.32 Å². The molecular weight excluding hydrogens is 226 g/mol. The zero-order valence-corrected chi connectivity index (χ0v) is 9.50. The molecule has 5 heteroatoms. The lowest BCUT2D eigenvalue weighted by atomic mass is 10.1. The van der Waals surface area contributed by atoms with E-state index in [1.807, 2.05) is 17.5 Å². The van der Waals surface area contributed by atoms with Gasteiger partial charge in [-0.25, -0.2) is 0 Å². The Kier molecular flexibility index (Phi) is 3.24. The lowest BCUT2D eigenvalue weighted by Gasteiger charge is -2.15. The lowest BCUT2D eigenvalue weighted by molar-refractivity contribution is -0.137. The number of rotatable bonds is 5. The summed E-state index contributed by atoms with van der Waals surface area (Å²) in [4.78, 5) is 23.2. The minimum Gasteiger partial charge on any atom is -0.481 e. The molecule has 0 aliphatic heterocycles. The zero-order chi connectivity index (χ0) is 11.5. The van der Waals surface area contributed by atoms with E-state index in [9.17, 15) is 9.59 Å². The highest BCUT2D eigenvalue weighted by Crippen LogP contribution is 2.31. The van der Waals surface area contributed by atoms with E-state index < -0.39 is 5.97 Å². The first-order valence-corrected chi connectivity index (χ1v) is 6.10. The van der Waals surface area contributed by atoms with Gasteiger partial charge < -0.3 is 10.4 Å². The third-order valence-corrected chi connectivity index (χ3v) is 3.52. The molecule has 0 bridgehead atoms. The molecule has 1 fully saturated rings. The summed E-state index contributed by atoms with van der Waals surface area (Å²) in [5.41, 5.74) is 0. The van der Waals surface area contributed by atoms with Crippen LogP contribution in [0.2, 0.25) is 0 Å². The SMILES string of the molecule is O=C(O)CC(NC(=O)C1CC1)c1cccs1. The van der Waals surface area contributed by atoms with Crippen molar-refractivity contribution in [1.82, 2.24) is 5.32 Å². The summed E-state index contributed by atoms with van der Waals surface area (Å²) in [5, 5.41) is 13.5. The van der Waals surface area contributed by atoms with Crippen molar-refractivity contribution in [2.45, 2.75) is 25.3 Å². The van der Waals surface area contributed by atoms with Crippen molar-refractivity contribution < 1.29 is 14.7 Å². The number of carbonyl (C=O) groups is 2. The third-order valence-electron chi connectivity index (χ3n) is 2.53. The zero-order valence-electron chi connectivity index (χ0n) is 8.68. The Morgan fingerprint density at radius 1 is 1.56 bits per heavy atom. The number of nitrogens with one attached hydrogen (secondary N) is 1. The minimum absolute atomic E-state index is 0.0142. The quantitative estimate of drug-likeness (QED) is 0.823. The van der Waals surface area contributed by atoms with Crippen molar-refractivity contribution in [2.75, 3.05) is 0 Å². The van der Waals surface area contributed by atoms with Crippen molar-refractivity contribution in [3.8, 4) is 0 Å². The highest BCUT2D eigenvalue weighted by atomic mass is 32.1. The molecule has 0 aromatic carbocycles. The molecule has 1 aromatic rings. The Balaban J connectivity index is 2.02. The first-order valence-electron chi connectivity index (χ1n) is 5.22. The number of amides is 1. The van der Waals surface area contributed by atoms with Crippen molar-refractivity contribution >= 4 is 23.2 Å². The van der Waals surface area contributed by atoms with Gasteiger partial charge in [0, 0.05) is 10.8 Å². The van der Waals surface area contributed by atoms with Crippen LogP contribution in [0.15, 0.2) is 17.5 Å². The number of carboxylic acid groups (broad SMARTS) is 1. The molecule has 1 heterocycles. The summed E-state index contributed by atoms with van der Waals surface area (Å²) < 4.78 is 0. The van der Waals surface area contributed by atoms with E-state index in [4.69, 9.17) is 5.11 Å². The van der Waals surface area contributed by atoms with E-state index in [1.165, 1.54) is 11.3 Å². The van der Waals surface area contributed by atoms with Crippen molar-refractivity contribution in [1.29, 1.82) is 0 Å². The van der Waals surface area contributed by atoms with E-state index in [1.54, 1.807) is 0 Å². The van der Waals surface area contributed by atoms with Gasteiger partial charge >= 0.3 is 5.97 Å². The molecule has 0 spiro atoms. The second kappa shape index (κ2) is 4.65. The van der Waals surface area contributed by atoms with E-state index in [-0.39, 0.29) is 24.3 Å². The van der Waals surface area contributed by atoms with Gasteiger partial charge in [0.2, 0.25) is 5.91 Å². The van der Waals surface area contributed by atoms with Crippen LogP contribution in [0.25, 0.3) is 0 Å². The van der Waals surface area contributed by atoms with Crippen LogP contribution in [0, 0.1) is 5.92 Å². The summed E-state index contributed by atoms with van der Waals surface area (Å²) in [5.74, 6) is -0.801. The molecule has 2 N–H and O–H groups in total. The molecule has 1 aromatic heterocycles. The van der Waals surface area contributed by atoms with Gasteiger partial charge in [-0.05, 0) is 24.3 Å². The van der Waals surface area contributed by atoms with Crippen LogP contribution in [-0.4, -0.2) is 17.0 Å². The molecule has 1 aliphatic rings. The fraction of sp³-hybridized carbons (Fsp3) is 0.455. The molecule has 1 unspecified atom stereocenters. The average molecular weight is 239 g/mol. The predicted octanol–water partition coefficient (Wildman–Crippen LogP) is 1.79. The van der Waals surface area contributed by atoms with Gasteiger partial charge in [-0.2, -0.15) is 0 Å². The Hall–Kier alpha value is -1.36. The summed E-state index contributed by atoms with van der Waals surface area (Å²) in [7, 11) is 0. The molecule has 1 aliphatic carbocycles. The van der Waals surface area contributed by atoms with Gasteiger partial charge in [-0.3, -0.25) is 9.59 Å². The molecular formula is C11H13NO3S. The highest BCUT2D eigenvalue weighted by Gasteiger charge is 2.31. The molecule has 0 saturated heterocycles. The van der Waals surface area contributed by atoms with Gasteiger partial charge in [-0.1, -0.05) is 6.07 Å². The normalized spacial score (nSPS) is 16.8. The monoisotopic (exact) mass is 239 g/mol. The van der Waals surface area contributed by atoms with Crippen molar-refractivity contribution in [3.05, 3.63) is 22.4 Å². The smallest absolute Gasteiger partial charge is 0.305 e. The molecule has 0 radical (unpaired) electrons. The van der Waals surface area contributed by atoms with Crippen LogP contribution in [0.4, 0.5) is 0 Å². The number of thiophene rings is 1. The topological polar surface area (TPSA) is 66.4 Å². The van der Waals surface area contributed by atoms with E-state index >= 15 is 0 Å². The lowest BCUT2D eigenvalue weighted by Crippen LogP contribution is -2.30. The average Bonchev–Trinajstić information content (AvgIpc) is 2.92. The summed E-state index contributed by atoms with van der Waals surface area (Å²) in [6.07, 6.45) is 1.80. The number of carboxylic acids is 1. The summed E-state index contributed by atoms with van der Waals surface area (Å²) >= 11 is 1.47. The van der Waals surface area contributed by atoms with Crippen LogP contribution < -0.4 is 5.32 Å². The van der Waals surface area contributed by atoms with Crippen LogP contribution >= 0.6 is 11.3 Å². The van der Waals surface area contributed by atoms with E-state index in [0.29, 0.717) is 0 Å². The second-order valence-corrected chi connectivity index (χ2v) is 4.93. The van der Waals surface area contributed by atoms with Crippen LogP contribution in [0.5, 0.6) is 0 Å². The summed E-state index contributed by atoms with van der Waals surface area (Å²) in [6.45, 7) is 0. The van der Waals surface area contributed by atoms with Crippen molar-refractivity contribution in [3.63, 3.8) is 0 Å². The predicted molar refractivity (Wildman–Crippen MR) is 60.2 cm³/mol. The van der Waals surface area contributed by atoms with Gasteiger partial charge in [0.15, 0.2) is 0 Å². The highest BCUT2D eigenvalue weighted by molar-refractivity contribution is 7.10. The van der Waals surface area contributed by atoms with Gasteiger partial charge in [0.1, 0.15) is 0 Å². The largest absolute Gasteiger partial charge is 0.481 e. The number of aliphatic carboxylic acids is 1. The Morgan fingerprint density at radius 2 is 2.31 bits per heavy atom. The van der Waals surface area contributed by atoms with Crippen molar-refractivity contribution in [2.24, 2.45) is 5.92 Å². The molecule has 4 nitrogen and oxygen atoms in total. The molecule has 2 rings (SSSR count). The minimum atomic E-state index is -0.894. The first-order chi connectivity index (χ1) is 7.66. The maximum absolute atomic E-state index is 11.6. The second-order valence-electron chi connectivity index (χ2n) is 3.95. The standard InChI is InChI=1S/C11H13NO3S/c13-10(14)6-8(9-2-1-5-16-9)12-11(15)7-3-4-7/h1-2,5,7-8H,3-4,6H2,(H,12,15)(H,13,14). The van der Waals surface area contributed by atoms with Gasteiger partial charge in [0.25, 0.3) is 0 Å². The third kappa shape index (κ3) is 2.82. The number of hydrogen-bond donors (Lipinski definition) is 2. The number of hydrogen-bond acceptors (Lipinski definition) is 3. The van der Waals surface area contributed by atoms with E-state index in [0.717, 1.165) is 17.7 Å². The fourth-order valence-corrected chi connectivity index (χ4v) is 2.30. The maximum Gasteiger partial charge on any atom is 0.305 e. The van der Waals surface area contributed by atoms with Gasteiger partial charge in [0.05, 0.1) is 12.5 Å². The van der Waals surface area contributed by atoms with Crippen LogP contribution in [0.3, 0.4) is 0 Å². The molecule has 16 heavy (non-hydrogen) atoms.